The first kappa shape index (κ1) is 40.2. The fraction of sp³-hybridized carbons (Fsp3) is 0.947. The van der Waals surface area contributed by atoms with Crippen LogP contribution in [0.5, 0.6) is 0 Å². The van der Waals surface area contributed by atoms with E-state index in [1.807, 2.05) is 0 Å². The van der Waals surface area contributed by atoms with Gasteiger partial charge < -0.3 is 9.53 Å². The van der Waals surface area contributed by atoms with E-state index in [-0.39, 0.29) is 0 Å². The third-order valence-corrected chi connectivity index (χ3v) is 11.2. The first-order valence-corrected chi connectivity index (χ1v) is 14.0. The van der Waals surface area contributed by atoms with Gasteiger partial charge >= 0.3 is 65.4 Å². The monoisotopic (exact) mass is 720 g/mol. The van der Waals surface area contributed by atoms with Crippen molar-refractivity contribution >= 4 is 14.3 Å². The maximum Gasteiger partial charge on any atom is 0.460 e. The number of rotatable bonds is 12. The van der Waals surface area contributed by atoms with E-state index in [1.54, 1.807) is 0 Å². The van der Waals surface area contributed by atoms with Crippen LogP contribution in [-0.2, 0) is 9.22 Å². The Bertz CT molecular complexity index is 1070. The highest BCUT2D eigenvalue weighted by Gasteiger charge is 2.98. The van der Waals surface area contributed by atoms with Crippen molar-refractivity contribution in [1.82, 2.24) is 0 Å². The molecule has 0 radical (unpaired) electrons. The van der Waals surface area contributed by atoms with Crippen LogP contribution in [0.3, 0.4) is 0 Å². The number of carboxylic acid groups (broad SMARTS) is 1. The van der Waals surface area contributed by atoms with E-state index in [0.717, 1.165) is 13.5 Å². The molecule has 25 heteroatoms. The summed E-state index contributed by atoms with van der Waals surface area (Å²) in [5.74, 6) is -79.6. The number of hydrogen-bond donors (Lipinski definition) is 1. The first-order chi connectivity index (χ1) is 19.0. The molecule has 1 fully saturated rings. The summed E-state index contributed by atoms with van der Waals surface area (Å²) in [7, 11) is -4.29. The molecule has 0 aromatic heterocycles. The van der Waals surface area contributed by atoms with Crippen LogP contribution in [0.25, 0.3) is 0 Å². The average molecular weight is 720 g/mol. The van der Waals surface area contributed by atoms with E-state index >= 15 is 0 Å². The van der Waals surface area contributed by atoms with Crippen molar-refractivity contribution in [3.8, 4) is 0 Å². The lowest BCUT2D eigenvalue weighted by Crippen LogP contribution is -2.77. The van der Waals surface area contributed by atoms with Gasteiger partial charge in [-0.1, -0.05) is 13.3 Å². The Hall–Kier alpha value is -1.82. The Balaban J connectivity index is 3.76. The van der Waals surface area contributed by atoms with E-state index in [2.05, 4.69) is 4.43 Å². The normalized spacial score (nSPS) is 23.5. The quantitative estimate of drug-likeness (QED) is 0.162. The molecular weight excluding hydrogens is 703 g/mol. The van der Waals surface area contributed by atoms with Crippen molar-refractivity contribution in [2.45, 2.75) is 110 Å². The van der Waals surface area contributed by atoms with E-state index in [1.165, 1.54) is 0 Å². The van der Waals surface area contributed by atoms with Gasteiger partial charge in [0.15, 0.2) is 0 Å². The van der Waals surface area contributed by atoms with Gasteiger partial charge in [-0.25, -0.2) is 0 Å². The molecule has 0 aliphatic carbocycles. The highest BCUT2D eigenvalue weighted by atomic mass is 28.4. The second-order valence-electron chi connectivity index (χ2n) is 9.83. The Kier molecular flexibility index (Phi) is 9.94. The molecule has 0 saturated carbocycles. The van der Waals surface area contributed by atoms with Crippen molar-refractivity contribution in [1.29, 1.82) is 0 Å². The third-order valence-electron chi connectivity index (χ3n) is 6.93. The topological polar surface area (TPSA) is 46.5 Å². The Morgan fingerprint density at radius 2 is 0.977 bits per heavy atom. The van der Waals surface area contributed by atoms with Crippen LogP contribution in [-0.4, -0.2) is 85.0 Å². The molecular formula is C19H17F21O3Si. The minimum absolute atomic E-state index is 0.487. The summed E-state index contributed by atoms with van der Waals surface area (Å²) in [5, 5.41) is 9.18. The lowest BCUT2D eigenvalue weighted by Gasteiger charge is -2.47. The molecule has 3 nitrogen and oxygen atoms in total. The second-order valence-corrected chi connectivity index (χ2v) is 13.9. The van der Waals surface area contributed by atoms with Gasteiger partial charge in [0.05, 0.1) is 5.54 Å². The summed E-state index contributed by atoms with van der Waals surface area (Å²) in [6, 6.07) is -0.487. The molecule has 44 heavy (non-hydrogen) atoms. The van der Waals surface area contributed by atoms with Crippen LogP contribution in [0.1, 0.15) is 26.2 Å². The Morgan fingerprint density at radius 1 is 0.659 bits per heavy atom. The number of halogens is 21. The van der Waals surface area contributed by atoms with Crippen LogP contribution < -0.4 is 0 Å². The maximum absolute atomic E-state index is 14.7. The zero-order valence-corrected chi connectivity index (χ0v) is 22.2. The zero-order valence-electron chi connectivity index (χ0n) is 21.2. The predicted octanol–water partition coefficient (Wildman–Crippen LogP) is 8.89. The Morgan fingerprint density at radius 3 is 1.27 bits per heavy atom. The largest absolute Gasteiger partial charge is 0.481 e. The number of carboxylic acids is 1. The smallest absolute Gasteiger partial charge is 0.460 e. The minimum atomic E-state index is -9.24. The van der Waals surface area contributed by atoms with Crippen molar-refractivity contribution in [3.05, 3.63) is 0 Å². The molecule has 262 valence electrons. The average Bonchev–Trinajstić information content (AvgIpc) is 2.82. The van der Waals surface area contributed by atoms with Crippen LogP contribution in [0.2, 0.25) is 18.1 Å². The fourth-order valence-corrected chi connectivity index (χ4v) is 8.07. The molecule has 1 aliphatic heterocycles. The van der Waals surface area contributed by atoms with Crippen LogP contribution in [0.15, 0.2) is 0 Å². The van der Waals surface area contributed by atoms with Gasteiger partial charge in [0.1, 0.15) is 6.10 Å². The minimum Gasteiger partial charge on any atom is -0.481 e. The highest BCUT2D eigenvalue weighted by molar-refractivity contribution is 6.77. The molecule has 0 bridgehead atoms. The summed E-state index contributed by atoms with van der Waals surface area (Å²) >= 11 is 0. The molecule has 0 aromatic carbocycles. The van der Waals surface area contributed by atoms with Gasteiger partial charge in [-0.15, -0.1) is 0 Å². The number of alkyl halides is 21. The lowest BCUT2D eigenvalue weighted by molar-refractivity contribution is -0.475. The SMILES string of the molecule is CCC(C(=O)O)[Si]1(C)CCCC(C(F)(F)C(F)(F)C(F)(F)C(F)(F)C(F)(F)C(F)(F)C(F)(F)C(F)(F)C(F)(F)C(F)(F)F)O1. The van der Waals surface area contributed by atoms with Gasteiger partial charge in [-0.3, -0.25) is 4.79 Å². The maximum atomic E-state index is 14.7. The molecule has 1 rings (SSSR count). The molecule has 1 heterocycles. The molecule has 3 atom stereocenters. The Labute approximate surface area is 231 Å². The van der Waals surface area contributed by atoms with Gasteiger partial charge in [0.2, 0.25) is 8.32 Å². The van der Waals surface area contributed by atoms with E-state index in [0.29, 0.717) is 0 Å². The van der Waals surface area contributed by atoms with Gasteiger partial charge in [-0.2, -0.15) is 92.2 Å². The standard InChI is InChI=1S/C19H17F21O3Si/c1-3-7(9(41)42)44(2)6-4-5-8(43-44)10(20,21)11(22,23)12(24,25)13(26,27)14(28,29)15(30,31)16(32,33)17(34,35)18(36,37)19(38,39)40/h7-8H,3-6H2,1-2H3,(H,41,42). The summed E-state index contributed by atoms with van der Waals surface area (Å²) in [4.78, 5) is 11.4. The summed E-state index contributed by atoms with van der Waals surface area (Å²) in [5.41, 5.74) is -1.78. The molecule has 0 amide bonds. The molecule has 1 N–H and O–H groups in total. The molecule has 0 spiro atoms. The molecule has 3 unspecified atom stereocenters. The highest BCUT2D eigenvalue weighted by Crippen LogP contribution is 2.66. The van der Waals surface area contributed by atoms with E-state index in [4.69, 9.17) is 0 Å². The molecule has 1 aliphatic rings. The summed E-state index contributed by atoms with van der Waals surface area (Å²) < 4.78 is 290. The lowest BCUT2D eigenvalue weighted by atomic mass is 9.85. The van der Waals surface area contributed by atoms with Crippen LogP contribution >= 0.6 is 0 Å². The van der Waals surface area contributed by atoms with Crippen molar-refractivity contribution < 1.29 is 107 Å². The zero-order chi connectivity index (χ0) is 35.8. The number of aliphatic carboxylic acids is 1. The van der Waals surface area contributed by atoms with Crippen molar-refractivity contribution in [2.75, 3.05) is 0 Å². The number of hydrogen-bond acceptors (Lipinski definition) is 2. The van der Waals surface area contributed by atoms with Gasteiger partial charge in [0.25, 0.3) is 0 Å². The second kappa shape index (κ2) is 10.9. The van der Waals surface area contributed by atoms with Crippen molar-refractivity contribution in [3.63, 3.8) is 0 Å². The van der Waals surface area contributed by atoms with Gasteiger partial charge in [-0.05, 0) is 25.4 Å². The summed E-state index contributed by atoms with van der Waals surface area (Å²) in [6.07, 6.45) is -14.7. The third kappa shape index (κ3) is 5.17. The number of carbonyl (C=O) groups is 1. The van der Waals surface area contributed by atoms with E-state index in [9.17, 15) is 102 Å². The van der Waals surface area contributed by atoms with Crippen LogP contribution in [0, 0.1) is 0 Å². The van der Waals surface area contributed by atoms with Crippen molar-refractivity contribution in [2.24, 2.45) is 0 Å². The van der Waals surface area contributed by atoms with E-state index < -0.39 is 111 Å². The fourth-order valence-electron chi connectivity index (χ4n) is 4.23. The molecule has 0 aromatic rings. The summed E-state index contributed by atoms with van der Waals surface area (Å²) in [6.45, 7) is 1.84. The first-order valence-electron chi connectivity index (χ1n) is 11.3. The molecule has 1 saturated heterocycles. The van der Waals surface area contributed by atoms with Gasteiger partial charge in [0, 0.05) is 0 Å². The van der Waals surface area contributed by atoms with Crippen LogP contribution in [0.4, 0.5) is 92.2 Å². The predicted molar refractivity (Wildman–Crippen MR) is 103 cm³/mol.